The van der Waals surface area contributed by atoms with Crippen LogP contribution in [-0.2, 0) is 0 Å². The van der Waals surface area contributed by atoms with Gasteiger partial charge in [-0.1, -0.05) is 39.7 Å². The monoisotopic (exact) mass is 184 g/mol. The zero-order valence-electron chi connectivity index (χ0n) is 8.47. The van der Waals surface area contributed by atoms with Crippen molar-refractivity contribution in [2.75, 3.05) is 0 Å². The highest BCUT2D eigenvalue weighted by atomic mass is 28.3. The quantitative estimate of drug-likeness (QED) is 0.436. The van der Waals surface area contributed by atoms with Crippen LogP contribution in [0.1, 0.15) is 20.8 Å². The number of rotatable bonds is 0. The van der Waals surface area contributed by atoms with Gasteiger partial charge < -0.3 is 10.0 Å². The molecule has 0 saturated carbocycles. The average molecular weight is 184 g/mol. The Kier molecular flexibility index (Phi) is 3.58. The van der Waals surface area contributed by atoms with E-state index in [2.05, 4.69) is 45.2 Å². The maximum atomic E-state index is 8.59. The molecule has 0 bridgehead atoms. The molecule has 0 aliphatic heterocycles. The van der Waals surface area contributed by atoms with Crippen molar-refractivity contribution in [3.63, 3.8) is 0 Å². The molecule has 0 aromatic heterocycles. The van der Waals surface area contributed by atoms with E-state index in [-0.39, 0.29) is 5.04 Å². The molecule has 12 heavy (non-hydrogen) atoms. The van der Waals surface area contributed by atoms with Crippen molar-refractivity contribution in [3.05, 3.63) is 0 Å². The summed E-state index contributed by atoms with van der Waals surface area (Å²) in [5, 5.41) is 17.3. The van der Waals surface area contributed by atoms with Gasteiger partial charge in [0.1, 0.15) is 8.07 Å². The van der Waals surface area contributed by atoms with E-state index < -0.39 is 15.2 Å². The lowest BCUT2D eigenvalue weighted by molar-refractivity contribution is 0.427. The first-order chi connectivity index (χ1) is 5.17. The SMILES string of the molecule is CC(C)(C)[Si](C)(C)C#CB(O)O. The highest BCUT2D eigenvalue weighted by Crippen LogP contribution is 2.34. The second kappa shape index (κ2) is 3.65. The summed E-state index contributed by atoms with van der Waals surface area (Å²) in [6.45, 7) is 10.7. The van der Waals surface area contributed by atoms with Gasteiger partial charge in [-0.15, -0.1) is 5.54 Å². The molecular weight excluding hydrogens is 167 g/mol. The molecule has 0 fully saturated rings. The Bertz CT molecular complexity index is 207. The van der Waals surface area contributed by atoms with E-state index in [1.165, 1.54) is 0 Å². The summed E-state index contributed by atoms with van der Waals surface area (Å²) in [4.78, 5) is 0. The van der Waals surface area contributed by atoms with Gasteiger partial charge in [0, 0.05) is 0 Å². The Hall–Kier alpha value is -0.238. The minimum atomic E-state index is -1.65. The molecule has 2 nitrogen and oxygen atoms in total. The number of hydrogen-bond acceptors (Lipinski definition) is 2. The van der Waals surface area contributed by atoms with Gasteiger partial charge >= 0.3 is 7.12 Å². The Morgan fingerprint density at radius 2 is 1.58 bits per heavy atom. The van der Waals surface area contributed by atoms with E-state index in [1.54, 1.807) is 0 Å². The molecule has 4 heteroatoms. The van der Waals surface area contributed by atoms with Gasteiger partial charge in [-0.05, 0) is 5.04 Å². The summed E-state index contributed by atoms with van der Waals surface area (Å²) in [6, 6.07) is 0. The lowest BCUT2D eigenvalue weighted by Crippen LogP contribution is -2.36. The summed E-state index contributed by atoms with van der Waals surface area (Å²) < 4.78 is 0. The van der Waals surface area contributed by atoms with Crippen molar-refractivity contribution in [2.24, 2.45) is 0 Å². The van der Waals surface area contributed by atoms with Crippen LogP contribution in [0.2, 0.25) is 18.1 Å². The molecule has 0 aliphatic rings. The van der Waals surface area contributed by atoms with Crippen LogP contribution in [0.3, 0.4) is 0 Å². The third-order valence-electron chi connectivity index (χ3n) is 2.39. The third kappa shape index (κ3) is 3.44. The van der Waals surface area contributed by atoms with Crippen molar-refractivity contribution in [3.8, 4) is 11.4 Å². The van der Waals surface area contributed by atoms with E-state index in [0.29, 0.717) is 0 Å². The highest BCUT2D eigenvalue weighted by Gasteiger charge is 2.33. The molecule has 0 aliphatic carbocycles. The minimum absolute atomic E-state index is 0.175. The van der Waals surface area contributed by atoms with Gasteiger partial charge in [0.25, 0.3) is 0 Å². The van der Waals surface area contributed by atoms with E-state index in [0.717, 1.165) is 0 Å². The Morgan fingerprint density at radius 3 is 1.83 bits per heavy atom. The van der Waals surface area contributed by atoms with E-state index >= 15 is 0 Å². The van der Waals surface area contributed by atoms with E-state index in [4.69, 9.17) is 10.0 Å². The fraction of sp³-hybridized carbons (Fsp3) is 0.750. The van der Waals surface area contributed by atoms with Gasteiger partial charge in [-0.3, -0.25) is 0 Å². The summed E-state index contributed by atoms with van der Waals surface area (Å²) in [6.07, 6.45) is 0. The molecule has 0 radical (unpaired) electrons. The summed E-state index contributed by atoms with van der Waals surface area (Å²) in [5.74, 6) is 2.42. The number of hydrogen-bond donors (Lipinski definition) is 2. The Balaban J connectivity index is 4.57. The lowest BCUT2D eigenvalue weighted by Gasteiger charge is -2.31. The molecule has 68 valence electrons. The molecule has 0 rings (SSSR count). The van der Waals surface area contributed by atoms with Crippen LogP contribution in [0.25, 0.3) is 0 Å². The maximum Gasteiger partial charge on any atom is 0.544 e. The fourth-order valence-corrected chi connectivity index (χ4v) is 1.30. The van der Waals surface area contributed by atoms with Gasteiger partial charge in [0.05, 0.1) is 0 Å². The highest BCUT2D eigenvalue weighted by molar-refractivity contribution is 6.88. The van der Waals surface area contributed by atoms with Crippen LogP contribution in [-0.4, -0.2) is 25.2 Å². The zero-order valence-corrected chi connectivity index (χ0v) is 9.47. The molecular formula is C8H17BO2Si. The topological polar surface area (TPSA) is 40.5 Å². The zero-order chi connectivity index (χ0) is 9.99. The second-order valence-corrected chi connectivity index (χ2v) is 9.52. The van der Waals surface area contributed by atoms with Gasteiger partial charge in [-0.25, -0.2) is 0 Å². The minimum Gasteiger partial charge on any atom is -0.416 e. The average Bonchev–Trinajstić information content (AvgIpc) is 1.81. The van der Waals surface area contributed by atoms with Crippen molar-refractivity contribution < 1.29 is 10.0 Å². The molecule has 0 aromatic rings. The first-order valence-electron chi connectivity index (χ1n) is 4.06. The third-order valence-corrected chi connectivity index (χ3v) is 6.91. The van der Waals surface area contributed by atoms with E-state index in [9.17, 15) is 0 Å². The molecule has 0 amide bonds. The van der Waals surface area contributed by atoms with E-state index in [1.807, 2.05) is 0 Å². The second-order valence-electron chi connectivity index (χ2n) is 4.52. The maximum absolute atomic E-state index is 8.59. The van der Waals surface area contributed by atoms with Crippen LogP contribution in [0.4, 0.5) is 0 Å². The van der Waals surface area contributed by atoms with Crippen LogP contribution in [0, 0.1) is 11.4 Å². The predicted octanol–water partition coefficient (Wildman–Crippen LogP) is 1.05. The Labute approximate surface area is 76.2 Å². The van der Waals surface area contributed by atoms with Crippen molar-refractivity contribution in [1.82, 2.24) is 0 Å². The summed E-state index contributed by atoms with van der Waals surface area (Å²) >= 11 is 0. The van der Waals surface area contributed by atoms with Crippen molar-refractivity contribution in [1.29, 1.82) is 0 Å². The smallest absolute Gasteiger partial charge is 0.416 e. The molecule has 0 spiro atoms. The molecule has 0 aromatic carbocycles. The van der Waals surface area contributed by atoms with Crippen molar-refractivity contribution >= 4 is 15.2 Å². The Morgan fingerprint density at radius 1 is 1.17 bits per heavy atom. The molecule has 0 unspecified atom stereocenters. The van der Waals surface area contributed by atoms with Gasteiger partial charge in [-0.2, -0.15) is 0 Å². The summed E-state index contributed by atoms with van der Waals surface area (Å²) in [5.41, 5.74) is 2.99. The first kappa shape index (κ1) is 11.8. The van der Waals surface area contributed by atoms with Crippen LogP contribution >= 0.6 is 0 Å². The molecule has 0 saturated heterocycles. The normalized spacial score (nSPS) is 11.9. The fourth-order valence-electron chi connectivity index (χ4n) is 0.432. The van der Waals surface area contributed by atoms with Crippen molar-refractivity contribution in [2.45, 2.75) is 38.9 Å². The first-order valence-corrected chi connectivity index (χ1v) is 7.06. The van der Waals surface area contributed by atoms with Crippen LogP contribution < -0.4 is 0 Å². The lowest BCUT2D eigenvalue weighted by atomic mass is 9.95. The van der Waals surface area contributed by atoms with Gasteiger partial charge in [0.15, 0.2) is 0 Å². The molecule has 0 atom stereocenters. The predicted molar refractivity (Wildman–Crippen MR) is 55.2 cm³/mol. The molecule has 2 N–H and O–H groups in total. The standard InChI is InChI=1S/C8H17BO2Si/c1-8(2,3)12(4,5)7-6-9(10)11/h10-11H,1-5H3. The largest absolute Gasteiger partial charge is 0.544 e. The molecule has 0 heterocycles. The van der Waals surface area contributed by atoms with Gasteiger partial charge in [0.2, 0.25) is 0 Å². The van der Waals surface area contributed by atoms with Crippen LogP contribution in [0.5, 0.6) is 0 Å². The van der Waals surface area contributed by atoms with Crippen LogP contribution in [0.15, 0.2) is 0 Å². The summed E-state index contributed by atoms with van der Waals surface area (Å²) in [7, 11) is -3.14.